The molecule has 0 bridgehead atoms. The van der Waals surface area contributed by atoms with Gasteiger partial charge < -0.3 is 29.5 Å². The molecule has 2 aromatic carbocycles. The van der Waals surface area contributed by atoms with Crippen molar-refractivity contribution >= 4 is 17.7 Å². The topological polar surface area (TPSA) is 101 Å². The number of benzene rings is 2. The molecule has 196 valence electrons. The number of amides is 1. The fourth-order valence-electron chi connectivity index (χ4n) is 4.10. The number of carbonyl (C=O) groups is 2. The summed E-state index contributed by atoms with van der Waals surface area (Å²) < 4.78 is 16.7. The van der Waals surface area contributed by atoms with Crippen molar-refractivity contribution < 1.29 is 28.9 Å². The van der Waals surface area contributed by atoms with Crippen molar-refractivity contribution in [3.63, 3.8) is 0 Å². The second kappa shape index (κ2) is 12.0. The van der Waals surface area contributed by atoms with Gasteiger partial charge in [-0.05, 0) is 44.0 Å². The van der Waals surface area contributed by atoms with E-state index in [2.05, 4.69) is 10.2 Å². The Morgan fingerprint density at radius 1 is 0.972 bits per heavy atom. The molecule has 9 nitrogen and oxygen atoms in total. The molecule has 0 aliphatic carbocycles. The highest BCUT2D eigenvalue weighted by molar-refractivity contribution is 5.80. The highest BCUT2D eigenvalue weighted by Gasteiger charge is 2.27. The number of nitrogens with zero attached hydrogens (tertiary/aromatic N) is 2. The molecule has 36 heavy (non-hydrogen) atoms. The molecule has 1 heterocycles. The van der Waals surface area contributed by atoms with Gasteiger partial charge in [-0.25, -0.2) is 9.59 Å². The first kappa shape index (κ1) is 27.1. The van der Waals surface area contributed by atoms with Crippen LogP contribution >= 0.6 is 0 Å². The van der Waals surface area contributed by atoms with Crippen LogP contribution in [0.2, 0.25) is 0 Å². The fourth-order valence-corrected chi connectivity index (χ4v) is 4.10. The van der Waals surface area contributed by atoms with E-state index in [1.807, 2.05) is 63.2 Å². The van der Waals surface area contributed by atoms with Gasteiger partial charge in [0.25, 0.3) is 0 Å². The van der Waals surface area contributed by atoms with Gasteiger partial charge in [0.2, 0.25) is 0 Å². The molecule has 0 unspecified atom stereocenters. The van der Waals surface area contributed by atoms with Crippen LogP contribution in [0.5, 0.6) is 11.5 Å². The Balaban J connectivity index is 1.70. The fraction of sp³-hybridized carbons (Fsp3) is 0.481. The highest BCUT2D eigenvalue weighted by atomic mass is 16.6. The number of hydrogen-bond donors (Lipinski definition) is 2. The summed E-state index contributed by atoms with van der Waals surface area (Å²) in [4.78, 5) is 28.3. The zero-order valence-corrected chi connectivity index (χ0v) is 21.7. The lowest BCUT2D eigenvalue weighted by atomic mass is 10.0. The van der Waals surface area contributed by atoms with E-state index in [4.69, 9.17) is 14.2 Å². The number of carboxylic acid groups (broad SMARTS) is 1. The van der Waals surface area contributed by atoms with E-state index in [1.165, 1.54) is 0 Å². The summed E-state index contributed by atoms with van der Waals surface area (Å²) in [6.07, 6.45) is 0.0241. The number of hydrogen-bond acceptors (Lipinski definition) is 7. The number of carboxylic acids is 1. The average Bonchev–Trinajstić information content (AvgIpc) is 2.84. The van der Waals surface area contributed by atoms with Crippen molar-refractivity contribution in [1.29, 1.82) is 0 Å². The molecule has 1 amide bonds. The highest BCUT2D eigenvalue weighted by Crippen LogP contribution is 2.37. The summed E-state index contributed by atoms with van der Waals surface area (Å²) in [7, 11) is 3.10. The minimum atomic E-state index is -0.963. The van der Waals surface area contributed by atoms with Crippen molar-refractivity contribution in [1.82, 2.24) is 9.80 Å². The Morgan fingerprint density at radius 2 is 1.56 bits per heavy atom. The second-order valence-electron chi connectivity index (χ2n) is 9.84. The first-order chi connectivity index (χ1) is 17.1. The molecule has 0 saturated carbocycles. The standard InChI is InChI=1S/C27H37N3O6/c1-27(2,3)36-26(33)30-13-11-29(12-14-30)18-20-16-22(34-4)24(23(17-20)35-5)28-21(25(31)32)15-19-9-7-6-8-10-19/h6-10,16-17,21,28H,11-15,18H2,1-5H3,(H,31,32)/t21-/m0/s1. The maximum Gasteiger partial charge on any atom is 0.410 e. The van der Waals surface area contributed by atoms with Crippen LogP contribution in [-0.2, 0) is 22.5 Å². The minimum absolute atomic E-state index is 0.288. The van der Waals surface area contributed by atoms with Gasteiger partial charge in [-0.15, -0.1) is 0 Å². The van der Waals surface area contributed by atoms with Crippen molar-refractivity contribution in [3.05, 3.63) is 53.6 Å². The molecule has 0 spiro atoms. The Labute approximate surface area is 212 Å². The summed E-state index contributed by atoms with van der Waals surface area (Å²) in [5, 5.41) is 12.9. The van der Waals surface area contributed by atoms with Gasteiger partial charge in [0, 0.05) is 39.1 Å². The van der Waals surface area contributed by atoms with E-state index in [0.717, 1.165) is 11.1 Å². The summed E-state index contributed by atoms with van der Waals surface area (Å²) >= 11 is 0. The monoisotopic (exact) mass is 499 g/mol. The Morgan fingerprint density at radius 3 is 2.06 bits per heavy atom. The van der Waals surface area contributed by atoms with Crippen molar-refractivity contribution in [3.8, 4) is 11.5 Å². The lowest BCUT2D eigenvalue weighted by Crippen LogP contribution is -2.49. The third-order valence-corrected chi connectivity index (χ3v) is 5.90. The van der Waals surface area contributed by atoms with Crippen LogP contribution in [0.4, 0.5) is 10.5 Å². The maximum atomic E-state index is 12.3. The molecule has 1 saturated heterocycles. The summed E-state index contributed by atoms with van der Waals surface area (Å²) in [5.74, 6) is 0.0574. The largest absolute Gasteiger partial charge is 0.494 e. The second-order valence-corrected chi connectivity index (χ2v) is 9.84. The van der Waals surface area contributed by atoms with E-state index in [0.29, 0.717) is 56.3 Å². The Bertz CT molecular complexity index is 1000. The number of ether oxygens (including phenoxy) is 3. The van der Waals surface area contributed by atoms with Gasteiger partial charge >= 0.3 is 12.1 Å². The Hall–Kier alpha value is -3.46. The number of anilines is 1. The number of aliphatic carboxylic acids is 1. The van der Waals surface area contributed by atoms with Crippen LogP contribution in [0.15, 0.2) is 42.5 Å². The van der Waals surface area contributed by atoms with Gasteiger partial charge in [-0.3, -0.25) is 4.90 Å². The molecule has 1 aliphatic rings. The van der Waals surface area contributed by atoms with Gasteiger partial charge in [-0.1, -0.05) is 30.3 Å². The van der Waals surface area contributed by atoms with Crippen LogP contribution in [0.1, 0.15) is 31.9 Å². The van der Waals surface area contributed by atoms with Gasteiger partial charge in [-0.2, -0.15) is 0 Å². The van der Waals surface area contributed by atoms with Crippen molar-refractivity contribution in [2.75, 3.05) is 45.7 Å². The zero-order chi connectivity index (χ0) is 26.3. The van der Waals surface area contributed by atoms with E-state index >= 15 is 0 Å². The summed E-state index contributed by atoms with van der Waals surface area (Å²) in [6, 6.07) is 12.4. The minimum Gasteiger partial charge on any atom is -0.494 e. The van der Waals surface area contributed by atoms with E-state index in [1.54, 1.807) is 19.1 Å². The lowest BCUT2D eigenvalue weighted by Gasteiger charge is -2.35. The molecule has 2 aromatic rings. The molecular formula is C27H37N3O6. The summed E-state index contributed by atoms with van der Waals surface area (Å²) in [5.41, 5.74) is 1.87. The number of carbonyl (C=O) groups excluding carboxylic acids is 1. The predicted octanol–water partition coefficient (Wildman–Crippen LogP) is 3.86. The molecule has 0 aromatic heterocycles. The van der Waals surface area contributed by atoms with Crippen molar-refractivity contribution in [2.45, 2.75) is 45.4 Å². The van der Waals surface area contributed by atoms with Gasteiger partial charge in [0.05, 0.1) is 14.2 Å². The molecule has 1 atom stereocenters. The quantitative estimate of drug-likeness (QED) is 0.537. The molecule has 9 heteroatoms. The summed E-state index contributed by atoms with van der Waals surface area (Å²) in [6.45, 7) is 8.82. The number of rotatable bonds is 9. The normalized spacial score (nSPS) is 15.2. The maximum absolute atomic E-state index is 12.3. The molecule has 1 fully saturated rings. The van der Waals surface area contributed by atoms with Gasteiger partial charge in [0.15, 0.2) is 0 Å². The van der Waals surface area contributed by atoms with Crippen LogP contribution in [0.25, 0.3) is 0 Å². The first-order valence-corrected chi connectivity index (χ1v) is 12.1. The zero-order valence-electron chi connectivity index (χ0n) is 21.7. The molecule has 1 aliphatic heterocycles. The third-order valence-electron chi connectivity index (χ3n) is 5.90. The molecular weight excluding hydrogens is 462 g/mol. The van der Waals surface area contributed by atoms with E-state index in [9.17, 15) is 14.7 Å². The van der Waals surface area contributed by atoms with E-state index < -0.39 is 17.6 Å². The van der Waals surface area contributed by atoms with Crippen LogP contribution in [0.3, 0.4) is 0 Å². The van der Waals surface area contributed by atoms with E-state index in [-0.39, 0.29) is 6.09 Å². The smallest absolute Gasteiger partial charge is 0.410 e. The lowest BCUT2D eigenvalue weighted by molar-refractivity contribution is -0.137. The van der Waals surface area contributed by atoms with Crippen LogP contribution in [0, 0.1) is 0 Å². The number of methoxy groups -OCH3 is 2. The predicted molar refractivity (Wildman–Crippen MR) is 138 cm³/mol. The number of piperazine rings is 1. The van der Waals surface area contributed by atoms with Crippen LogP contribution < -0.4 is 14.8 Å². The average molecular weight is 500 g/mol. The van der Waals surface area contributed by atoms with Crippen LogP contribution in [-0.4, -0.2) is 79.0 Å². The first-order valence-electron chi connectivity index (χ1n) is 12.1. The molecule has 2 N–H and O–H groups in total. The number of nitrogens with one attached hydrogen (secondary N) is 1. The third kappa shape index (κ3) is 7.52. The van der Waals surface area contributed by atoms with Crippen molar-refractivity contribution in [2.24, 2.45) is 0 Å². The van der Waals surface area contributed by atoms with Gasteiger partial charge in [0.1, 0.15) is 28.8 Å². The molecule has 0 radical (unpaired) electrons. The SMILES string of the molecule is COc1cc(CN2CCN(C(=O)OC(C)(C)C)CC2)cc(OC)c1N[C@@H](Cc1ccccc1)C(=O)O. The Kier molecular flexibility index (Phi) is 9.03. The molecule has 3 rings (SSSR count).